The van der Waals surface area contributed by atoms with Gasteiger partial charge in [-0.1, -0.05) is 108 Å². The van der Waals surface area contributed by atoms with Gasteiger partial charge in [0.2, 0.25) is 20.0 Å². The van der Waals surface area contributed by atoms with Gasteiger partial charge in [0.15, 0.2) is 0 Å². The average Bonchev–Trinajstić information content (AvgIpc) is 3.12. The number of nitrogens with one attached hydrogen (secondary N) is 2. The summed E-state index contributed by atoms with van der Waals surface area (Å²) in [5.41, 5.74) is -0.133. The van der Waals surface area contributed by atoms with E-state index in [1.807, 2.05) is 24.3 Å². The Hall–Kier alpha value is -4.84. The molecule has 0 saturated heterocycles. The molecule has 6 rings (SSSR count). The first-order valence-electron chi connectivity index (χ1n) is 14.5. The van der Waals surface area contributed by atoms with Crippen LogP contribution in [0.1, 0.15) is 0 Å². The first kappa shape index (κ1) is 41.6. The van der Waals surface area contributed by atoms with Gasteiger partial charge < -0.3 is 20.4 Å². The maximum absolute atomic E-state index is 12.1. The van der Waals surface area contributed by atoms with Crippen molar-refractivity contribution in [1.82, 2.24) is 9.44 Å². The van der Waals surface area contributed by atoms with Crippen LogP contribution < -0.4 is 48.7 Å². The molecule has 6 aromatic rings. The van der Waals surface area contributed by atoms with E-state index < -0.39 is 31.5 Å². The average molecular weight is 777 g/mol. The van der Waals surface area contributed by atoms with Gasteiger partial charge in [0.25, 0.3) is 0 Å². The predicted octanol–water partition coefficient (Wildman–Crippen LogP) is 1.62. The SMILES string of the molecule is CNS(=O)(=O)c1ccc([O-])c(N=Nc2c([O-])ccc3ccccc23)c1.CNS(=O)(=O)c1ccc([O-])c(N=Nc2c([O-])ccc3ccccc23)c1.[Co+3].[Li+]. The monoisotopic (exact) mass is 776 g/mol. The van der Waals surface area contributed by atoms with Crippen LogP contribution in [0, 0.1) is 0 Å². The van der Waals surface area contributed by atoms with Gasteiger partial charge in [-0.3, -0.25) is 0 Å². The third-order valence-electron chi connectivity index (χ3n) is 7.26. The third-order valence-corrected chi connectivity index (χ3v) is 10.1. The zero-order chi connectivity index (χ0) is 36.1. The standard InChI is InChI=1S/2C17H15N3O4S.Co.Li/c2*1-18-25(23,24)12-7-9-15(21)14(10-12)19-20-17-13-5-3-2-4-11(13)6-8-16(17)22;;/h2*2-10,18,21-22H,1H3;;/q;;+3;+1/p-4. The second-order valence-electron chi connectivity index (χ2n) is 10.3. The largest absolute Gasteiger partial charge is 3.00 e. The minimum atomic E-state index is -3.72. The summed E-state index contributed by atoms with van der Waals surface area (Å²) in [5, 5.41) is 66.2. The fourth-order valence-corrected chi connectivity index (χ4v) is 6.10. The summed E-state index contributed by atoms with van der Waals surface area (Å²) in [4.78, 5) is -0.215. The number of hydrogen-bond acceptors (Lipinski definition) is 12. The van der Waals surface area contributed by atoms with E-state index in [9.17, 15) is 37.3 Å². The number of azo groups is 2. The molecule has 18 heteroatoms. The van der Waals surface area contributed by atoms with Crippen molar-refractivity contribution in [1.29, 1.82) is 0 Å². The van der Waals surface area contributed by atoms with Crippen molar-refractivity contribution in [2.45, 2.75) is 9.79 Å². The van der Waals surface area contributed by atoms with Crippen LogP contribution in [0.4, 0.5) is 22.7 Å². The van der Waals surface area contributed by atoms with Gasteiger partial charge in [-0.15, -0.1) is 0 Å². The molecule has 0 unspecified atom stereocenters. The summed E-state index contributed by atoms with van der Waals surface area (Å²) < 4.78 is 51.6. The van der Waals surface area contributed by atoms with E-state index >= 15 is 0 Å². The zero-order valence-corrected chi connectivity index (χ0v) is 30.3. The second kappa shape index (κ2) is 17.6. The molecular formula is C34H26CoLiN6O8S2. The van der Waals surface area contributed by atoms with Crippen LogP contribution in [-0.4, -0.2) is 30.9 Å². The van der Waals surface area contributed by atoms with E-state index in [1.54, 1.807) is 36.4 Å². The van der Waals surface area contributed by atoms with Gasteiger partial charge >= 0.3 is 35.6 Å². The van der Waals surface area contributed by atoms with E-state index in [-0.39, 0.29) is 79.7 Å². The molecule has 0 aromatic heterocycles. The Labute approximate surface area is 321 Å². The molecule has 0 bridgehead atoms. The van der Waals surface area contributed by atoms with Crippen molar-refractivity contribution >= 4 is 64.3 Å². The Morgan fingerprint density at radius 3 is 1.19 bits per heavy atom. The van der Waals surface area contributed by atoms with Crippen LogP contribution in [-0.2, 0) is 36.8 Å². The predicted molar refractivity (Wildman–Crippen MR) is 179 cm³/mol. The van der Waals surface area contributed by atoms with Crippen LogP contribution in [0.15, 0.2) is 139 Å². The Balaban J connectivity index is 0.000000270. The molecule has 0 aliphatic carbocycles. The van der Waals surface area contributed by atoms with Crippen molar-refractivity contribution in [2.75, 3.05) is 14.1 Å². The molecule has 0 spiro atoms. The number of fused-ring (bicyclic) bond motifs is 2. The van der Waals surface area contributed by atoms with Crippen molar-refractivity contribution in [3.8, 4) is 23.0 Å². The number of nitrogens with zero attached hydrogens (tertiary/aromatic N) is 4. The van der Waals surface area contributed by atoms with Crippen LogP contribution >= 0.6 is 0 Å². The van der Waals surface area contributed by atoms with Crippen LogP contribution in [0.3, 0.4) is 0 Å². The van der Waals surface area contributed by atoms with Crippen LogP contribution in [0.25, 0.3) is 21.5 Å². The topological polar surface area (TPSA) is 234 Å². The summed E-state index contributed by atoms with van der Waals surface area (Å²) in [7, 11) is -4.90. The molecule has 0 amide bonds. The van der Waals surface area contributed by atoms with E-state index in [0.29, 0.717) is 10.8 Å². The molecule has 0 atom stereocenters. The smallest absolute Gasteiger partial charge is 0.871 e. The van der Waals surface area contributed by atoms with Gasteiger partial charge in [0, 0.05) is 10.8 Å². The fraction of sp³-hybridized carbons (Fsp3) is 0.0588. The van der Waals surface area contributed by atoms with E-state index in [4.69, 9.17) is 0 Å². The Kier molecular flexibility index (Phi) is 14.1. The Bertz CT molecular complexity index is 2350. The second-order valence-corrected chi connectivity index (χ2v) is 14.1. The van der Waals surface area contributed by atoms with Crippen molar-refractivity contribution in [3.63, 3.8) is 0 Å². The number of benzene rings is 6. The first-order valence-corrected chi connectivity index (χ1v) is 17.5. The number of sulfonamides is 2. The number of hydrogen-bond donors (Lipinski definition) is 2. The molecular weight excluding hydrogens is 750 g/mol. The van der Waals surface area contributed by atoms with Crippen molar-refractivity contribution in [2.24, 2.45) is 20.5 Å². The number of rotatable bonds is 8. The Morgan fingerprint density at radius 1 is 0.481 bits per heavy atom. The van der Waals surface area contributed by atoms with Crippen LogP contribution in [0.2, 0.25) is 0 Å². The summed E-state index contributed by atoms with van der Waals surface area (Å²) in [6.07, 6.45) is 0. The quantitative estimate of drug-likeness (QED) is 0.170. The van der Waals surface area contributed by atoms with Crippen molar-refractivity contribution < 1.29 is 72.9 Å². The molecule has 0 saturated carbocycles. The normalized spacial score (nSPS) is 11.6. The minimum Gasteiger partial charge on any atom is -0.871 e. The van der Waals surface area contributed by atoms with E-state index in [0.717, 1.165) is 35.0 Å². The van der Waals surface area contributed by atoms with Gasteiger partial charge in [-0.2, -0.15) is 20.5 Å². The first-order chi connectivity index (χ1) is 23.8. The molecule has 0 heterocycles. The molecule has 6 aromatic carbocycles. The van der Waals surface area contributed by atoms with Gasteiger partial charge in [0.1, 0.15) is 0 Å². The van der Waals surface area contributed by atoms with Gasteiger partial charge in [-0.25, -0.2) is 26.3 Å². The molecule has 14 nitrogen and oxygen atoms in total. The summed E-state index contributed by atoms with van der Waals surface area (Å²) in [5.74, 6) is -1.67. The van der Waals surface area contributed by atoms with Gasteiger partial charge in [-0.05, 0) is 49.1 Å². The molecule has 0 radical (unpaired) electrons. The molecule has 0 fully saturated rings. The summed E-state index contributed by atoms with van der Waals surface area (Å²) >= 11 is 0. The molecule has 52 heavy (non-hydrogen) atoms. The maximum Gasteiger partial charge on any atom is 3.00 e. The van der Waals surface area contributed by atoms with Crippen LogP contribution in [0.5, 0.6) is 23.0 Å². The molecule has 0 aliphatic heterocycles. The van der Waals surface area contributed by atoms with Crippen molar-refractivity contribution in [3.05, 3.63) is 109 Å². The summed E-state index contributed by atoms with van der Waals surface area (Å²) in [6.45, 7) is 0. The fourth-order valence-electron chi connectivity index (χ4n) is 4.60. The Morgan fingerprint density at radius 2 is 0.827 bits per heavy atom. The molecule has 262 valence electrons. The molecule has 0 aliphatic rings. The summed E-state index contributed by atoms with van der Waals surface area (Å²) in [6, 6.07) is 27.2. The minimum absolute atomic E-state index is 0. The third kappa shape index (κ3) is 9.33. The van der Waals surface area contributed by atoms with E-state index in [2.05, 4.69) is 29.9 Å². The zero-order valence-electron chi connectivity index (χ0n) is 27.6. The molecule has 2 N–H and O–H groups in total. The maximum atomic E-state index is 12.1. The van der Waals surface area contributed by atoms with Gasteiger partial charge in [0.05, 0.1) is 32.5 Å². The van der Waals surface area contributed by atoms with E-state index in [1.165, 1.54) is 38.4 Å².